The van der Waals surface area contributed by atoms with E-state index < -0.39 is 11.4 Å². The Morgan fingerprint density at radius 1 is 1.17 bits per heavy atom. The molecule has 1 atom stereocenters. The summed E-state index contributed by atoms with van der Waals surface area (Å²) in [6, 6.07) is -0.365. The van der Waals surface area contributed by atoms with Crippen LogP contribution in [0.25, 0.3) is 0 Å². The summed E-state index contributed by atoms with van der Waals surface area (Å²) in [5, 5.41) is 11.9. The lowest BCUT2D eigenvalue weighted by molar-refractivity contribution is -0.153. The summed E-state index contributed by atoms with van der Waals surface area (Å²) in [5.41, 5.74) is 4.99. The fourth-order valence-electron chi connectivity index (χ4n) is 3.38. The minimum absolute atomic E-state index is 0.0589. The zero-order valence-corrected chi connectivity index (χ0v) is 17.7. The van der Waals surface area contributed by atoms with Gasteiger partial charge in [-0.1, -0.05) is 0 Å². The second kappa shape index (κ2) is 11.3. The molecule has 0 aromatic heterocycles. The topological polar surface area (TPSA) is 142 Å². The second-order valence-corrected chi connectivity index (χ2v) is 8.36. The van der Waals surface area contributed by atoms with Gasteiger partial charge in [0.05, 0.1) is 18.0 Å². The van der Waals surface area contributed by atoms with E-state index in [2.05, 4.69) is 5.32 Å². The summed E-state index contributed by atoms with van der Waals surface area (Å²) >= 11 is 0. The first-order valence-electron chi connectivity index (χ1n) is 10.6. The zero-order valence-electron chi connectivity index (χ0n) is 17.7. The maximum Gasteiger partial charge on any atom is 0.317 e. The van der Waals surface area contributed by atoms with Crippen LogP contribution in [0.1, 0.15) is 45.4 Å². The quantitative estimate of drug-likeness (QED) is 0.282. The van der Waals surface area contributed by atoms with Gasteiger partial charge in [-0.3, -0.25) is 24.1 Å². The average Bonchev–Trinajstić information content (AvgIpc) is 3.45. The van der Waals surface area contributed by atoms with Crippen molar-refractivity contribution >= 4 is 23.8 Å². The highest BCUT2D eigenvalue weighted by atomic mass is 16.5. The number of carboxylic acids is 1. The summed E-state index contributed by atoms with van der Waals surface area (Å²) in [4.78, 5) is 50.9. The molecule has 10 nitrogen and oxygen atoms in total. The first-order chi connectivity index (χ1) is 14.2. The Balaban J connectivity index is 1.80. The van der Waals surface area contributed by atoms with Gasteiger partial charge in [0, 0.05) is 39.0 Å². The Hall–Kier alpha value is -2.20. The van der Waals surface area contributed by atoms with Crippen molar-refractivity contribution in [3.05, 3.63) is 0 Å². The van der Waals surface area contributed by atoms with Crippen LogP contribution in [0.3, 0.4) is 0 Å². The molecule has 1 unspecified atom stereocenters. The molecule has 0 bridgehead atoms. The Morgan fingerprint density at radius 2 is 1.90 bits per heavy atom. The van der Waals surface area contributed by atoms with Crippen LogP contribution in [0.15, 0.2) is 0 Å². The summed E-state index contributed by atoms with van der Waals surface area (Å²) in [5.74, 6) is -1.44. The average molecular weight is 427 g/mol. The minimum atomic E-state index is -0.961. The molecule has 2 aliphatic rings. The number of nitrogens with zero attached hydrogens (tertiary/aromatic N) is 2. The van der Waals surface area contributed by atoms with Crippen LogP contribution in [0.5, 0.6) is 0 Å². The monoisotopic (exact) mass is 426 g/mol. The summed E-state index contributed by atoms with van der Waals surface area (Å²) < 4.78 is 5.43. The van der Waals surface area contributed by atoms with E-state index in [1.807, 2.05) is 6.92 Å². The van der Waals surface area contributed by atoms with Crippen molar-refractivity contribution in [3.8, 4) is 0 Å². The van der Waals surface area contributed by atoms with Crippen molar-refractivity contribution in [3.63, 3.8) is 0 Å². The van der Waals surface area contributed by atoms with E-state index in [-0.39, 0.29) is 49.9 Å². The fraction of sp³-hybridized carbons (Fsp3) is 0.800. The first kappa shape index (κ1) is 24.1. The van der Waals surface area contributed by atoms with Gasteiger partial charge in [-0.15, -0.1) is 0 Å². The first-order valence-corrected chi connectivity index (χ1v) is 10.6. The van der Waals surface area contributed by atoms with E-state index in [4.69, 9.17) is 15.6 Å². The molecule has 1 saturated carbocycles. The van der Waals surface area contributed by atoms with E-state index in [1.165, 1.54) is 0 Å². The van der Waals surface area contributed by atoms with Gasteiger partial charge in [-0.25, -0.2) is 0 Å². The van der Waals surface area contributed by atoms with E-state index >= 15 is 0 Å². The van der Waals surface area contributed by atoms with Crippen LogP contribution in [0, 0.1) is 5.41 Å². The number of piperazine rings is 1. The van der Waals surface area contributed by atoms with Crippen LogP contribution in [-0.2, 0) is 23.9 Å². The predicted octanol–water partition coefficient (Wildman–Crippen LogP) is -0.438. The third-order valence-corrected chi connectivity index (χ3v) is 5.71. The minimum Gasteiger partial charge on any atom is -0.480 e. The van der Waals surface area contributed by atoms with Gasteiger partial charge in [0.15, 0.2) is 0 Å². The summed E-state index contributed by atoms with van der Waals surface area (Å²) in [7, 11) is 0. The number of aliphatic carboxylic acids is 1. The molecule has 0 radical (unpaired) electrons. The van der Waals surface area contributed by atoms with E-state index in [0.717, 1.165) is 25.7 Å². The number of carbonyl (C=O) groups is 4. The number of unbranched alkanes of at least 4 members (excludes halogenated alkanes) is 1. The van der Waals surface area contributed by atoms with Crippen molar-refractivity contribution in [1.82, 2.24) is 15.1 Å². The zero-order chi connectivity index (χ0) is 22.1. The Labute approximate surface area is 177 Å². The largest absolute Gasteiger partial charge is 0.480 e. The number of nitrogens with one attached hydrogen (secondary N) is 1. The fourth-order valence-corrected chi connectivity index (χ4v) is 3.38. The lowest BCUT2D eigenvalue weighted by Crippen LogP contribution is -2.57. The van der Waals surface area contributed by atoms with Crippen LogP contribution in [0.4, 0.5) is 0 Å². The van der Waals surface area contributed by atoms with Crippen molar-refractivity contribution in [2.75, 3.05) is 45.9 Å². The number of amides is 2. The molecule has 0 aromatic rings. The van der Waals surface area contributed by atoms with Crippen LogP contribution < -0.4 is 11.1 Å². The molecule has 30 heavy (non-hydrogen) atoms. The van der Waals surface area contributed by atoms with E-state index in [9.17, 15) is 19.2 Å². The van der Waals surface area contributed by atoms with Gasteiger partial charge >= 0.3 is 11.9 Å². The molecule has 4 N–H and O–H groups in total. The second-order valence-electron chi connectivity index (χ2n) is 8.36. The Bertz CT molecular complexity index is 637. The molecule has 1 aliphatic heterocycles. The van der Waals surface area contributed by atoms with Crippen LogP contribution in [0.2, 0.25) is 0 Å². The van der Waals surface area contributed by atoms with Gasteiger partial charge in [0.2, 0.25) is 11.8 Å². The molecule has 0 spiro atoms. The van der Waals surface area contributed by atoms with Gasteiger partial charge in [0.1, 0.15) is 6.61 Å². The molecule has 2 fully saturated rings. The Morgan fingerprint density at radius 3 is 2.53 bits per heavy atom. The number of hydrogen-bond acceptors (Lipinski definition) is 7. The molecule has 170 valence electrons. The number of nitrogens with two attached hydrogens (primary N) is 1. The van der Waals surface area contributed by atoms with Crippen molar-refractivity contribution in [1.29, 1.82) is 0 Å². The summed E-state index contributed by atoms with van der Waals surface area (Å²) in [6.07, 6.45) is 3.69. The number of hydrogen-bond donors (Lipinski definition) is 3. The Kier molecular flexibility index (Phi) is 9.04. The van der Waals surface area contributed by atoms with Crippen LogP contribution in [-0.4, -0.2) is 90.6 Å². The van der Waals surface area contributed by atoms with Gasteiger partial charge < -0.3 is 25.8 Å². The standard InChI is InChI=1S/C20H34N4O6/c1-20(6-7-20)19(29)30-14-15-12-24(11-10-23(15)13-18(27)28)17(26)5-9-22-16(25)4-2-3-8-21/h15H,2-14,21H2,1H3,(H,22,25)(H,27,28). The van der Waals surface area contributed by atoms with Gasteiger partial charge in [-0.2, -0.15) is 0 Å². The molecule has 0 aromatic carbocycles. The highest BCUT2D eigenvalue weighted by molar-refractivity contribution is 5.80. The third kappa shape index (κ3) is 7.56. The lowest BCUT2D eigenvalue weighted by Gasteiger charge is -2.40. The smallest absolute Gasteiger partial charge is 0.317 e. The number of ether oxygens (including phenoxy) is 1. The highest BCUT2D eigenvalue weighted by Gasteiger charge is 2.47. The SMILES string of the molecule is CC1(C(=O)OCC2CN(C(=O)CCNC(=O)CCCCN)CCN2CC(=O)O)CC1. The number of esters is 1. The van der Waals surface area contributed by atoms with Crippen molar-refractivity contribution < 1.29 is 29.0 Å². The van der Waals surface area contributed by atoms with Gasteiger partial charge in [-0.05, 0) is 39.2 Å². The molecule has 2 amide bonds. The maximum absolute atomic E-state index is 12.5. The molecule has 1 aliphatic carbocycles. The van der Waals surface area contributed by atoms with Crippen molar-refractivity contribution in [2.24, 2.45) is 11.1 Å². The lowest BCUT2D eigenvalue weighted by atomic mass is 10.1. The highest BCUT2D eigenvalue weighted by Crippen LogP contribution is 2.46. The predicted molar refractivity (Wildman–Crippen MR) is 108 cm³/mol. The molecular formula is C20H34N4O6. The summed E-state index contributed by atoms with van der Waals surface area (Å²) in [6.45, 7) is 3.64. The third-order valence-electron chi connectivity index (χ3n) is 5.71. The van der Waals surface area contributed by atoms with Crippen LogP contribution >= 0.6 is 0 Å². The van der Waals surface area contributed by atoms with Crippen molar-refractivity contribution in [2.45, 2.75) is 51.5 Å². The normalized spacial score (nSPS) is 20.5. The molecule has 10 heteroatoms. The van der Waals surface area contributed by atoms with E-state index in [1.54, 1.807) is 9.80 Å². The van der Waals surface area contributed by atoms with Gasteiger partial charge in [0.25, 0.3) is 0 Å². The number of rotatable bonds is 12. The molecule has 1 saturated heterocycles. The molecular weight excluding hydrogens is 392 g/mol. The van der Waals surface area contributed by atoms with E-state index in [0.29, 0.717) is 32.6 Å². The number of carbonyl (C=O) groups excluding carboxylic acids is 3. The maximum atomic E-state index is 12.5. The number of carboxylic acid groups (broad SMARTS) is 1. The molecule has 2 rings (SSSR count). The molecule has 1 heterocycles.